The average Bonchev–Trinajstić information content (AvgIpc) is 2.75. The van der Waals surface area contributed by atoms with Crippen LogP contribution in [0.15, 0.2) is 48.5 Å². The van der Waals surface area contributed by atoms with Gasteiger partial charge in [-0.15, -0.1) is 11.6 Å². The molecule has 0 bridgehead atoms. The molecule has 0 aliphatic rings. The Bertz CT molecular complexity index is 791. The lowest BCUT2D eigenvalue weighted by Gasteiger charge is -2.26. The Labute approximate surface area is 205 Å². The maximum atomic E-state index is 12.6. The van der Waals surface area contributed by atoms with E-state index in [1.54, 1.807) is 0 Å². The number of ether oxygens (including phenoxy) is 3. The van der Waals surface area contributed by atoms with Gasteiger partial charge >= 0.3 is 5.97 Å². The van der Waals surface area contributed by atoms with E-state index < -0.39 is 6.10 Å². The Morgan fingerprint density at radius 2 is 1.33 bits per heavy atom. The summed E-state index contributed by atoms with van der Waals surface area (Å²) in [7, 11) is 0. The average molecular weight is 485 g/mol. The molecular weight excluding hydrogens is 443 g/mol. The Balaban J connectivity index is 0. The first-order valence-electron chi connectivity index (χ1n) is 10.0. The van der Waals surface area contributed by atoms with Crippen LogP contribution in [0.5, 0.6) is 11.5 Å². The summed E-state index contributed by atoms with van der Waals surface area (Å²) < 4.78 is 29.0. The van der Waals surface area contributed by atoms with Crippen molar-refractivity contribution < 1.29 is 23.4 Å². The van der Waals surface area contributed by atoms with E-state index in [1.165, 1.54) is 6.92 Å². The molecule has 0 N–H and O–H groups in total. The second-order valence-electron chi connectivity index (χ2n) is 7.94. The molecule has 4 nitrogen and oxygen atoms in total. The molecule has 2 rings (SSSR count). The molecule has 0 fully saturated rings. The number of carbonyl (C=O) groups excluding carboxylic acids is 1. The first-order chi connectivity index (χ1) is 14.3. The monoisotopic (exact) mass is 484 g/mol. The fourth-order valence-electron chi connectivity index (χ4n) is 2.92. The lowest BCUT2D eigenvalue weighted by atomic mass is 9.78. The molecule has 2 atom stereocenters. The Morgan fingerprint density at radius 3 is 1.70 bits per heavy atom. The molecule has 0 saturated carbocycles. The van der Waals surface area contributed by atoms with Crippen molar-refractivity contribution in [3.63, 3.8) is 0 Å². The van der Waals surface area contributed by atoms with Gasteiger partial charge < -0.3 is 14.2 Å². The van der Waals surface area contributed by atoms with E-state index in [4.69, 9.17) is 25.8 Å². The van der Waals surface area contributed by atoms with E-state index in [0.29, 0.717) is 12.4 Å². The van der Waals surface area contributed by atoms with E-state index in [2.05, 4.69) is 13.8 Å². The third-order valence-corrected chi connectivity index (χ3v) is 5.23. The number of rotatable bonds is 11. The zero-order chi connectivity index (χ0) is 22.1. The number of alkyl halides is 2. The SMILES string of the molecule is C.C.C.CC(=O)O[C@@H](CCl)COc1ccc(C(C)(C)c2ccc(OC[C@@H](C)CF)cc2)cc1. The summed E-state index contributed by atoms with van der Waals surface area (Å²) in [5, 5.41) is 0. The van der Waals surface area contributed by atoms with E-state index in [0.717, 1.165) is 16.9 Å². The van der Waals surface area contributed by atoms with Crippen LogP contribution in [0.2, 0.25) is 0 Å². The summed E-state index contributed by atoms with van der Waals surface area (Å²) >= 11 is 5.80. The van der Waals surface area contributed by atoms with Crippen LogP contribution < -0.4 is 9.47 Å². The van der Waals surface area contributed by atoms with Gasteiger partial charge in [0.25, 0.3) is 0 Å². The molecule has 0 unspecified atom stereocenters. The van der Waals surface area contributed by atoms with Crippen LogP contribution in [-0.2, 0) is 14.9 Å². The smallest absolute Gasteiger partial charge is 0.303 e. The van der Waals surface area contributed by atoms with Crippen molar-refractivity contribution in [2.24, 2.45) is 5.92 Å². The van der Waals surface area contributed by atoms with Crippen molar-refractivity contribution >= 4 is 17.6 Å². The highest BCUT2D eigenvalue weighted by Gasteiger charge is 2.23. The molecule has 0 aliphatic carbocycles. The van der Waals surface area contributed by atoms with Gasteiger partial charge in [-0.25, -0.2) is 0 Å². The van der Waals surface area contributed by atoms with Gasteiger partial charge in [0.1, 0.15) is 24.2 Å². The highest BCUT2D eigenvalue weighted by Crippen LogP contribution is 2.33. The van der Waals surface area contributed by atoms with Crippen molar-refractivity contribution in [1.82, 2.24) is 0 Å². The second-order valence-corrected chi connectivity index (χ2v) is 8.25. The molecule has 0 aromatic heterocycles. The van der Waals surface area contributed by atoms with E-state index >= 15 is 0 Å². The highest BCUT2D eigenvalue weighted by molar-refractivity contribution is 6.18. The summed E-state index contributed by atoms with van der Waals surface area (Å²) in [5.41, 5.74) is 2.04. The van der Waals surface area contributed by atoms with Gasteiger partial charge in [-0.2, -0.15) is 0 Å². The molecule has 0 spiro atoms. The number of carbonyl (C=O) groups is 1. The first kappa shape index (κ1) is 32.9. The molecule has 33 heavy (non-hydrogen) atoms. The van der Waals surface area contributed by atoms with Gasteiger partial charge in [0.15, 0.2) is 0 Å². The van der Waals surface area contributed by atoms with Crippen LogP contribution in [0.3, 0.4) is 0 Å². The van der Waals surface area contributed by atoms with Crippen molar-refractivity contribution in [3.05, 3.63) is 59.7 Å². The van der Waals surface area contributed by atoms with Gasteiger partial charge in [0, 0.05) is 18.3 Å². The first-order valence-corrected chi connectivity index (χ1v) is 10.6. The van der Waals surface area contributed by atoms with Crippen LogP contribution in [-0.4, -0.2) is 37.8 Å². The van der Waals surface area contributed by atoms with Crippen LogP contribution in [0, 0.1) is 5.92 Å². The Morgan fingerprint density at radius 1 is 0.909 bits per heavy atom. The molecule has 0 saturated heterocycles. The summed E-state index contributed by atoms with van der Waals surface area (Å²) in [6.07, 6.45) is -0.478. The van der Waals surface area contributed by atoms with Crippen LogP contribution in [0.25, 0.3) is 0 Å². The van der Waals surface area contributed by atoms with Gasteiger partial charge in [-0.1, -0.05) is 67.3 Å². The minimum absolute atomic E-state index is 0. The van der Waals surface area contributed by atoms with Gasteiger partial charge in [0.2, 0.25) is 0 Å². The zero-order valence-electron chi connectivity index (χ0n) is 18.0. The lowest BCUT2D eigenvalue weighted by Crippen LogP contribution is -2.25. The normalized spacial score (nSPS) is 12.2. The van der Waals surface area contributed by atoms with Crippen LogP contribution >= 0.6 is 11.6 Å². The minimum Gasteiger partial charge on any atom is -0.493 e. The highest BCUT2D eigenvalue weighted by atomic mass is 35.5. The van der Waals surface area contributed by atoms with Crippen molar-refractivity contribution in [3.8, 4) is 11.5 Å². The second kappa shape index (κ2) is 15.5. The third-order valence-electron chi connectivity index (χ3n) is 4.89. The quantitative estimate of drug-likeness (QED) is 0.245. The van der Waals surface area contributed by atoms with Crippen LogP contribution in [0.4, 0.5) is 4.39 Å². The van der Waals surface area contributed by atoms with Crippen molar-refractivity contribution in [2.45, 2.75) is 61.5 Å². The standard InChI is InChI=1S/C24H30ClFO4.3CH4/c1-17(14-26)15-28-21-9-5-19(6-10-21)24(3,4)20-7-11-22(12-8-20)29-16-23(13-25)30-18(2)27;;;/h5-12,17,23H,13-16H2,1-4H3;3*1H4/t17-,23-;;;/m0.../s1. The van der Waals surface area contributed by atoms with E-state index in [1.807, 2.05) is 55.5 Å². The maximum absolute atomic E-state index is 12.6. The van der Waals surface area contributed by atoms with Crippen LogP contribution in [0.1, 0.15) is 61.1 Å². The van der Waals surface area contributed by atoms with E-state index in [-0.39, 0.29) is 58.7 Å². The maximum Gasteiger partial charge on any atom is 0.303 e. The number of esters is 1. The fraction of sp³-hybridized carbons (Fsp3) is 0.519. The van der Waals surface area contributed by atoms with Crippen molar-refractivity contribution in [2.75, 3.05) is 25.8 Å². The summed E-state index contributed by atoms with van der Waals surface area (Å²) in [5.74, 6) is 1.10. The summed E-state index contributed by atoms with van der Waals surface area (Å²) in [6, 6.07) is 15.7. The fourth-order valence-corrected chi connectivity index (χ4v) is 3.07. The van der Waals surface area contributed by atoms with E-state index in [9.17, 15) is 9.18 Å². The summed E-state index contributed by atoms with van der Waals surface area (Å²) in [4.78, 5) is 11.1. The minimum atomic E-state index is -0.478. The number of hydrogen-bond acceptors (Lipinski definition) is 4. The molecular formula is C27H42ClFO4. The molecule has 6 heteroatoms. The van der Waals surface area contributed by atoms with Gasteiger partial charge in [-0.3, -0.25) is 9.18 Å². The molecule has 2 aromatic rings. The molecule has 0 aliphatic heterocycles. The zero-order valence-corrected chi connectivity index (χ0v) is 18.7. The number of benzene rings is 2. The van der Waals surface area contributed by atoms with Gasteiger partial charge in [-0.05, 0) is 35.4 Å². The molecule has 188 valence electrons. The summed E-state index contributed by atoms with van der Waals surface area (Å²) in [6.45, 7) is 7.64. The molecule has 2 aromatic carbocycles. The predicted molar refractivity (Wildman–Crippen MR) is 138 cm³/mol. The van der Waals surface area contributed by atoms with Gasteiger partial charge in [0.05, 0.1) is 19.2 Å². The predicted octanol–water partition coefficient (Wildman–Crippen LogP) is 7.45. The lowest BCUT2D eigenvalue weighted by molar-refractivity contribution is -0.146. The third kappa shape index (κ3) is 10.0. The Hall–Kier alpha value is -2.27. The Kier molecular flexibility index (Phi) is 15.5. The van der Waals surface area contributed by atoms with Crippen molar-refractivity contribution in [1.29, 1.82) is 0 Å². The largest absolute Gasteiger partial charge is 0.493 e. The number of hydrogen-bond donors (Lipinski definition) is 0. The molecule has 0 radical (unpaired) electrons. The molecule has 0 amide bonds. The topological polar surface area (TPSA) is 44.8 Å². The molecule has 0 heterocycles. The number of halogens is 2.